The molecule has 3 aromatic heterocycles. The number of aryl methyl sites for hydroxylation is 1. The number of hydrogen-bond donors (Lipinski definition) is 0. The van der Waals surface area contributed by atoms with Crippen molar-refractivity contribution < 1.29 is 9.32 Å². The van der Waals surface area contributed by atoms with Crippen molar-refractivity contribution in [3.05, 3.63) is 47.6 Å². The van der Waals surface area contributed by atoms with Gasteiger partial charge in [-0.2, -0.15) is 5.10 Å². The summed E-state index contributed by atoms with van der Waals surface area (Å²) in [7, 11) is 0. The summed E-state index contributed by atoms with van der Waals surface area (Å²) in [6.45, 7) is 6.68. The fourth-order valence-electron chi connectivity index (χ4n) is 3.61. The molecule has 0 radical (unpaired) electrons. The van der Waals surface area contributed by atoms with Crippen molar-refractivity contribution in [1.82, 2.24) is 34.6 Å². The van der Waals surface area contributed by atoms with Gasteiger partial charge in [0.25, 0.3) is 5.91 Å². The maximum atomic E-state index is 12.5. The predicted octanol–water partition coefficient (Wildman–Crippen LogP) is 1.86. The molecule has 142 valence electrons. The Kier molecular flexibility index (Phi) is 4.74. The first-order valence-electron chi connectivity index (χ1n) is 9.27. The zero-order valence-corrected chi connectivity index (χ0v) is 15.6. The number of piperidine rings is 1. The van der Waals surface area contributed by atoms with Crippen LogP contribution < -0.4 is 0 Å². The average molecular weight is 369 g/mol. The predicted molar refractivity (Wildman–Crippen MR) is 96.1 cm³/mol. The van der Waals surface area contributed by atoms with Crippen molar-refractivity contribution in [2.75, 3.05) is 13.1 Å². The van der Waals surface area contributed by atoms with Gasteiger partial charge in [-0.1, -0.05) is 5.16 Å². The van der Waals surface area contributed by atoms with Crippen LogP contribution in [0.2, 0.25) is 0 Å². The first-order chi connectivity index (χ1) is 13.2. The van der Waals surface area contributed by atoms with Crippen molar-refractivity contribution in [3.63, 3.8) is 0 Å². The highest BCUT2D eigenvalue weighted by Gasteiger charge is 2.29. The van der Waals surface area contributed by atoms with E-state index in [1.807, 2.05) is 28.8 Å². The lowest BCUT2D eigenvalue weighted by Crippen LogP contribution is -2.38. The first-order valence-corrected chi connectivity index (χ1v) is 9.27. The minimum atomic E-state index is -0.0922. The highest BCUT2D eigenvalue weighted by molar-refractivity contribution is 5.91. The highest BCUT2D eigenvalue weighted by Crippen LogP contribution is 2.28. The van der Waals surface area contributed by atoms with Gasteiger partial charge in [-0.3, -0.25) is 9.48 Å². The van der Waals surface area contributed by atoms with Gasteiger partial charge in [-0.15, -0.1) is 10.2 Å². The summed E-state index contributed by atoms with van der Waals surface area (Å²) in [6.07, 6.45) is 5.40. The number of rotatable bonds is 5. The van der Waals surface area contributed by atoms with Crippen molar-refractivity contribution in [2.45, 2.75) is 45.7 Å². The van der Waals surface area contributed by atoms with E-state index in [-0.39, 0.29) is 5.91 Å². The Morgan fingerprint density at radius 3 is 2.74 bits per heavy atom. The van der Waals surface area contributed by atoms with E-state index in [1.165, 1.54) is 0 Å². The summed E-state index contributed by atoms with van der Waals surface area (Å²) in [6, 6.07) is 3.58. The summed E-state index contributed by atoms with van der Waals surface area (Å²) in [4.78, 5) is 14.3. The zero-order valence-electron chi connectivity index (χ0n) is 15.6. The average Bonchev–Trinajstić information content (AvgIpc) is 3.43. The zero-order chi connectivity index (χ0) is 18.8. The molecule has 0 spiro atoms. The number of amides is 1. The van der Waals surface area contributed by atoms with Gasteiger partial charge in [0.15, 0.2) is 5.82 Å². The van der Waals surface area contributed by atoms with Crippen LogP contribution in [0.3, 0.4) is 0 Å². The molecule has 1 amide bonds. The summed E-state index contributed by atoms with van der Waals surface area (Å²) < 4.78 is 9.12. The third-order valence-electron chi connectivity index (χ3n) is 5.02. The number of aromatic nitrogens is 6. The van der Waals surface area contributed by atoms with E-state index < -0.39 is 0 Å². The molecular weight excluding hydrogens is 346 g/mol. The molecule has 0 atom stereocenters. The van der Waals surface area contributed by atoms with Gasteiger partial charge in [-0.05, 0) is 32.8 Å². The third-order valence-corrected chi connectivity index (χ3v) is 5.02. The molecule has 0 aromatic carbocycles. The standard InChI is InChI=1S/C18H23N7O2/c1-3-25-16(12-24-8-4-7-19-24)20-21-17(25)14-5-9-23(10-6-14)18(26)15-11-13(2)22-27-15/h4,7-8,11,14H,3,5-6,9-10,12H2,1-2H3. The van der Waals surface area contributed by atoms with Crippen LogP contribution in [0.15, 0.2) is 29.0 Å². The van der Waals surface area contributed by atoms with Crippen LogP contribution in [-0.4, -0.2) is 53.6 Å². The van der Waals surface area contributed by atoms with Crippen molar-refractivity contribution >= 4 is 5.91 Å². The molecule has 1 fully saturated rings. The molecule has 4 rings (SSSR count). The third kappa shape index (κ3) is 3.49. The summed E-state index contributed by atoms with van der Waals surface area (Å²) in [5.74, 6) is 2.42. The van der Waals surface area contributed by atoms with Crippen LogP contribution in [0, 0.1) is 6.92 Å². The molecule has 27 heavy (non-hydrogen) atoms. The van der Waals surface area contributed by atoms with Gasteiger partial charge in [0.1, 0.15) is 12.4 Å². The Morgan fingerprint density at radius 1 is 1.30 bits per heavy atom. The molecule has 1 aliphatic rings. The fraction of sp³-hybridized carbons (Fsp3) is 0.500. The molecule has 9 heteroatoms. The number of nitrogens with zero attached hydrogens (tertiary/aromatic N) is 7. The Balaban J connectivity index is 1.43. The number of hydrogen-bond acceptors (Lipinski definition) is 6. The van der Waals surface area contributed by atoms with E-state index in [9.17, 15) is 4.79 Å². The Morgan fingerprint density at radius 2 is 2.11 bits per heavy atom. The molecule has 3 aromatic rings. The van der Waals surface area contributed by atoms with Crippen molar-refractivity contribution in [1.29, 1.82) is 0 Å². The van der Waals surface area contributed by atoms with Gasteiger partial charge in [0, 0.05) is 44.0 Å². The minimum absolute atomic E-state index is 0.0922. The van der Waals surface area contributed by atoms with Crippen LogP contribution in [0.1, 0.15) is 53.6 Å². The van der Waals surface area contributed by atoms with Crippen LogP contribution in [0.4, 0.5) is 0 Å². The van der Waals surface area contributed by atoms with E-state index in [2.05, 4.69) is 31.9 Å². The molecular formula is C18H23N7O2. The van der Waals surface area contributed by atoms with Crippen LogP contribution in [0.25, 0.3) is 0 Å². The lowest BCUT2D eigenvalue weighted by atomic mass is 9.95. The molecule has 0 aliphatic carbocycles. The molecule has 1 saturated heterocycles. The number of carbonyl (C=O) groups is 1. The number of likely N-dealkylation sites (tertiary alicyclic amines) is 1. The van der Waals surface area contributed by atoms with Gasteiger partial charge in [0.2, 0.25) is 5.76 Å². The largest absolute Gasteiger partial charge is 0.351 e. The molecule has 4 heterocycles. The smallest absolute Gasteiger partial charge is 0.292 e. The van der Waals surface area contributed by atoms with Crippen LogP contribution in [-0.2, 0) is 13.1 Å². The maximum absolute atomic E-state index is 12.5. The van der Waals surface area contributed by atoms with Gasteiger partial charge < -0.3 is 14.0 Å². The molecule has 0 N–H and O–H groups in total. The van der Waals surface area contributed by atoms with E-state index in [1.54, 1.807) is 12.3 Å². The highest BCUT2D eigenvalue weighted by atomic mass is 16.5. The summed E-state index contributed by atoms with van der Waals surface area (Å²) >= 11 is 0. The second-order valence-corrected chi connectivity index (χ2v) is 6.82. The first kappa shape index (κ1) is 17.4. The van der Waals surface area contributed by atoms with E-state index in [0.717, 1.165) is 31.0 Å². The van der Waals surface area contributed by atoms with E-state index >= 15 is 0 Å². The van der Waals surface area contributed by atoms with Crippen LogP contribution >= 0.6 is 0 Å². The Bertz CT molecular complexity index is 904. The maximum Gasteiger partial charge on any atom is 0.292 e. The van der Waals surface area contributed by atoms with Crippen molar-refractivity contribution in [2.24, 2.45) is 0 Å². The lowest BCUT2D eigenvalue weighted by Gasteiger charge is -2.31. The fourth-order valence-corrected chi connectivity index (χ4v) is 3.61. The summed E-state index contributed by atoms with van der Waals surface area (Å²) in [5, 5.41) is 16.9. The van der Waals surface area contributed by atoms with E-state index in [4.69, 9.17) is 4.52 Å². The normalized spacial score (nSPS) is 15.4. The Hall–Kier alpha value is -2.97. The second kappa shape index (κ2) is 7.34. The van der Waals surface area contributed by atoms with Gasteiger partial charge in [-0.25, -0.2) is 0 Å². The molecule has 9 nitrogen and oxygen atoms in total. The SMILES string of the molecule is CCn1c(Cn2cccn2)nnc1C1CCN(C(=O)c2cc(C)no2)CC1. The topological polar surface area (TPSA) is 94.9 Å². The summed E-state index contributed by atoms with van der Waals surface area (Å²) in [5.41, 5.74) is 0.717. The minimum Gasteiger partial charge on any atom is -0.351 e. The van der Waals surface area contributed by atoms with Gasteiger partial charge >= 0.3 is 0 Å². The monoisotopic (exact) mass is 369 g/mol. The van der Waals surface area contributed by atoms with Gasteiger partial charge in [0.05, 0.1) is 5.69 Å². The van der Waals surface area contributed by atoms with Crippen LogP contribution in [0.5, 0.6) is 0 Å². The Labute approximate surface area is 157 Å². The second-order valence-electron chi connectivity index (χ2n) is 6.82. The quantitative estimate of drug-likeness (QED) is 0.681. The molecule has 0 bridgehead atoms. The lowest BCUT2D eigenvalue weighted by molar-refractivity contribution is 0.0668. The molecule has 0 saturated carbocycles. The molecule has 1 aliphatic heterocycles. The molecule has 0 unspecified atom stereocenters. The number of carbonyl (C=O) groups excluding carboxylic acids is 1. The van der Waals surface area contributed by atoms with Crippen molar-refractivity contribution in [3.8, 4) is 0 Å². The van der Waals surface area contributed by atoms with E-state index in [0.29, 0.717) is 37.0 Å².